The van der Waals surface area contributed by atoms with Crippen LogP contribution in [-0.4, -0.2) is 15.2 Å². The van der Waals surface area contributed by atoms with E-state index in [9.17, 15) is 0 Å². The normalized spacial score (nSPS) is 15.9. The summed E-state index contributed by atoms with van der Waals surface area (Å²) in [5.41, 5.74) is 14.7. The third-order valence-corrected chi connectivity index (χ3v) is 12.4. The predicted octanol–water partition coefficient (Wildman–Crippen LogP) is 14.1. The number of hydrogen-bond donors (Lipinski definition) is 0. The molecule has 0 amide bonds. The summed E-state index contributed by atoms with van der Waals surface area (Å²) < 4.78 is 17.5. The first-order chi connectivity index (χ1) is 28.7. The lowest BCUT2D eigenvalue weighted by molar-refractivity contribution is 0.269. The molecule has 0 spiro atoms. The maximum absolute atomic E-state index is 6.30. The van der Waals surface area contributed by atoms with Crippen molar-refractivity contribution in [2.45, 2.75) is 12.0 Å². The van der Waals surface area contributed by atoms with Crippen LogP contribution in [0.15, 0.2) is 199 Å². The molecule has 3 aromatic heterocycles. The summed E-state index contributed by atoms with van der Waals surface area (Å²) in [5, 5.41) is 7.22. The molecule has 4 heteroatoms. The number of para-hydroxylation sites is 3. The van der Waals surface area contributed by atoms with Gasteiger partial charge >= 0.3 is 0 Å². The Kier molecular flexibility index (Phi) is 6.53. The second-order valence-corrected chi connectivity index (χ2v) is 15.6. The van der Waals surface area contributed by atoms with Gasteiger partial charge in [0.2, 0.25) is 0 Å². The van der Waals surface area contributed by atoms with E-state index in [1.54, 1.807) is 0 Å². The maximum atomic E-state index is 6.30. The molecule has 1 aliphatic heterocycles. The molecule has 0 fully saturated rings. The highest BCUT2D eigenvalue weighted by Gasteiger charge is 2.32. The molecule has 58 heavy (non-hydrogen) atoms. The zero-order chi connectivity index (χ0) is 37.9. The molecule has 4 nitrogen and oxygen atoms in total. The second-order valence-electron chi connectivity index (χ2n) is 15.6. The van der Waals surface area contributed by atoms with Gasteiger partial charge in [0, 0.05) is 55.2 Å². The lowest BCUT2D eigenvalue weighted by Crippen LogP contribution is -2.15. The SMILES string of the molecule is C1=CC2Oc3ccc(-c4cccc(-n5c6ccccc6c6ccc7c(c8ccccc8n7-c7cccc(-c8ccc9c(c8)oc8ccccc89)c7)c65)c4)cc3C2C=C1. The zero-order valence-electron chi connectivity index (χ0n) is 31.3. The number of allylic oxidation sites excluding steroid dienone is 2. The molecule has 1 aliphatic carbocycles. The highest BCUT2D eigenvalue weighted by Crippen LogP contribution is 2.45. The van der Waals surface area contributed by atoms with Gasteiger partial charge in [-0.15, -0.1) is 0 Å². The molecule has 11 aromatic rings. The lowest BCUT2D eigenvalue weighted by Gasteiger charge is -2.14. The van der Waals surface area contributed by atoms with Crippen LogP contribution in [0.3, 0.4) is 0 Å². The monoisotopic (exact) mass is 742 g/mol. The predicted molar refractivity (Wildman–Crippen MR) is 239 cm³/mol. The van der Waals surface area contributed by atoms with Crippen molar-refractivity contribution in [3.63, 3.8) is 0 Å². The summed E-state index contributed by atoms with van der Waals surface area (Å²) in [7, 11) is 0. The van der Waals surface area contributed by atoms with E-state index in [1.165, 1.54) is 60.3 Å². The molecule has 2 unspecified atom stereocenters. The van der Waals surface area contributed by atoms with E-state index in [1.807, 2.05) is 12.1 Å². The molecule has 2 aliphatic rings. The average molecular weight is 743 g/mol. The minimum absolute atomic E-state index is 0.0678. The van der Waals surface area contributed by atoms with Crippen molar-refractivity contribution in [2.75, 3.05) is 0 Å². The largest absolute Gasteiger partial charge is 0.485 e. The minimum Gasteiger partial charge on any atom is -0.485 e. The number of ether oxygens (including phenoxy) is 1. The number of furan rings is 1. The first-order valence-corrected chi connectivity index (χ1v) is 20.0. The van der Waals surface area contributed by atoms with Crippen LogP contribution >= 0.6 is 0 Å². The third kappa shape index (κ3) is 4.51. The molecule has 13 rings (SSSR count). The van der Waals surface area contributed by atoms with Crippen LogP contribution in [0.4, 0.5) is 0 Å². The molecule has 0 saturated heterocycles. The van der Waals surface area contributed by atoms with Gasteiger partial charge in [-0.3, -0.25) is 0 Å². The fraction of sp³-hybridized carbons (Fsp3) is 0.0370. The van der Waals surface area contributed by atoms with Gasteiger partial charge in [-0.2, -0.15) is 0 Å². The van der Waals surface area contributed by atoms with E-state index in [0.29, 0.717) is 0 Å². The van der Waals surface area contributed by atoms with Crippen LogP contribution in [0.1, 0.15) is 11.5 Å². The summed E-state index contributed by atoms with van der Waals surface area (Å²) in [6.07, 6.45) is 8.70. The number of aromatic nitrogens is 2. The molecule has 272 valence electrons. The first kappa shape index (κ1) is 31.6. The van der Waals surface area contributed by atoms with Crippen molar-refractivity contribution in [1.82, 2.24) is 9.13 Å². The Morgan fingerprint density at radius 2 is 1.05 bits per heavy atom. The highest BCUT2D eigenvalue weighted by atomic mass is 16.5. The van der Waals surface area contributed by atoms with Gasteiger partial charge < -0.3 is 18.3 Å². The third-order valence-electron chi connectivity index (χ3n) is 12.4. The van der Waals surface area contributed by atoms with Gasteiger partial charge in [0.1, 0.15) is 23.0 Å². The van der Waals surface area contributed by atoms with Crippen LogP contribution in [0, 0.1) is 0 Å². The second kappa shape index (κ2) is 12.0. The number of fused-ring (bicyclic) bond motifs is 13. The molecule has 0 bridgehead atoms. The van der Waals surface area contributed by atoms with Gasteiger partial charge in [0.15, 0.2) is 0 Å². The number of rotatable bonds is 4. The van der Waals surface area contributed by atoms with Gasteiger partial charge in [-0.05, 0) is 101 Å². The van der Waals surface area contributed by atoms with Crippen molar-refractivity contribution in [2.24, 2.45) is 0 Å². The Morgan fingerprint density at radius 1 is 0.414 bits per heavy atom. The fourth-order valence-corrected chi connectivity index (χ4v) is 9.83. The smallest absolute Gasteiger partial charge is 0.136 e. The Morgan fingerprint density at radius 3 is 1.90 bits per heavy atom. The van der Waals surface area contributed by atoms with Crippen molar-refractivity contribution < 1.29 is 9.15 Å². The molecule has 0 N–H and O–H groups in total. The Balaban J connectivity index is 1.01. The first-order valence-electron chi connectivity index (χ1n) is 20.0. The van der Waals surface area contributed by atoms with Gasteiger partial charge in [0.25, 0.3) is 0 Å². The van der Waals surface area contributed by atoms with Crippen LogP contribution in [0.25, 0.3) is 99.2 Å². The zero-order valence-corrected chi connectivity index (χ0v) is 31.3. The van der Waals surface area contributed by atoms with Crippen LogP contribution in [0.2, 0.25) is 0 Å². The summed E-state index contributed by atoms with van der Waals surface area (Å²) in [4.78, 5) is 0. The summed E-state index contributed by atoms with van der Waals surface area (Å²) in [6.45, 7) is 0. The molecule has 0 radical (unpaired) electrons. The van der Waals surface area contributed by atoms with Crippen LogP contribution in [-0.2, 0) is 0 Å². The molecular formula is C54H34N2O2. The van der Waals surface area contributed by atoms with Crippen molar-refractivity contribution in [1.29, 1.82) is 0 Å². The van der Waals surface area contributed by atoms with Gasteiger partial charge in [-0.25, -0.2) is 0 Å². The van der Waals surface area contributed by atoms with Gasteiger partial charge in [0.05, 0.1) is 22.1 Å². The fourth-order valence-electron chi connectivity index (χ4n) is 9.83. The lowest BCUT2D eigenvalue weighted by atomic mass is 9.90. The van der Waals surface area contributed by atoms with E-state index in [-0.39, 0.29) is 12.0 Å². The van der Waals surface area contributed by atoms with Crippen molar-refractivity contribution >= 4 is 65.6 Å². The average Bonchev–Trinajstić information content (AvgIpc) is 4.03. The van der Waals surface area contributed by atoms with E-state index in [0.717, 1.165) is 50.2 Å². The minimum atomic E-state index is 0.0678. The van der Waals surface area contributed by atoms with E-state index >= 15 is 0 Å². The van der Waals surface area contributed by atoms with Crippen molar-refractivity contribution in [3.8, 4) is 39.4 Å². The standard InChI is InChI=1S/C54H34N2O2/c1-5-19-46-39(15-1)43-26-27-48-53(54(43)56(46)38-14-10-11-33(30-38)35-24-28-51-45(31-35)41-17-4-8-22-50(41)57-51)44-18-2-6-20-47(44)55(48)37-13-9-12-34(29-37)36-23-25-42-40-16-3-7-21-49(40)58-52(42)32-36/h1-32,41,50H. The van der Waals surface area contributed by atoms with Crippen molar-refractivity contribution in [3.05, 3.63) is 200 Å². The highest BCUT2D eigenvalue weighted by molar-refractivity contribution is 6.26. The van der Waals surface area contributed by atoms with Gasteiger partial charge in [-0.1, -0.05) is 115 Å². The van der Waals surface area contributed by atoms with Crippen LogP contribution < -0.4 is 4.74 Å². The van der Waals surface area contributed by atoms with Crippen LogP contribution in [0.5, 0.6) is 5.75 Å². The summed E-state index contributed by atoms with van der Waals surface area (Å²) in [5.74, 6) is 1.22. The Bertz CT molecular complexity index is 3570. The quantitative estimate of drug-likeness (QED) is 0.180. The van der Waals surface area contributed by atoms with E-state index < -0.39 is 0 Å². The Labute approximate surface area is 333 Å². The molecule has 0 saturated carbocycles. The Hall–Kier alpha value is -7.56. The summed E-state index contributed by atoms with van der Waals surface area (Å²) >= 11 is 0. The van der Waals surface area contributed by atoms with E-state index in [2.05, 4.69) is 191 Å². The molecular weight excluding hydrogens is 709 g/mol. The maximum Gasteiger partial charge on any atom is 0.136 e. The number of benzene rings is 8. The number of hydrogen-bond acceptors (Lipinski definition) is 2. The number of nitrogens with zero attached hydrogens (tertiary/aromatic N) is 2. The molecule has 8 aromatic carbocycles. The van der Waals surface area contributed by atoms with E-state index in [4.69, 9.17) is 9.15 Å². The molecule has 4 heterocycles. The summed E-state index contributed by atoms with van der Waals surface area (Å²) in [6, 6.07) is 61.7. The molecule has 2 atom stereocenters. The topological polar surface area (TPSA) is 32.2 Å².